The van der Waals surface area contributed by atoms with Crippen LogP contribution in [0.15, 0.2) is 29.6 Å². The molecule has 2 amide bonds. The van der Waals surface area contributed by atoms with E-state index in [1.165, 1.54) is 11.3 Å². The molecule has 0 spiro atoms. The minimum Gasteiger partial charge on any atom is -0.339 e. The summed E-state index contributed by atoms with van der Waals surface area (Å²) in [6, 6.07) is 6.43. The molecule has 122 valence electrons. The van der Waals surface area contributed by atoms with Gasteiger partial charge in [0, 0.05) is 11.9 Å². The first-order valence-electron chi connectivity index (χ1n) is 6.98. The first-order valence-corrected chi connectivity index (χ1v) is 7.86. The number of alkyl halides is 3. The summed E-state index contributed by atoms with van der Waals surface area (Å²) in [5.41, 5.74) is 0. The predicted octanol–water partition coefficient (Wildman–Crippen LogP) is 2.79. The van der Waals surface area contributed by atoms with Gasteiger partial charge in [0.2, 0.25) is 5.91 Å². The standard InChI is InChI=1S/C15H13F3N2O2S/c16-15(17,18)8-20-6-5-11(14(20)22)19-13(21)12-10-4-2-1-3-9(10)7-23-12/h1-4,7,11H,5-6,8H2,(H,19,21). The van der Waals surface area contributed by atoms with Gasteiger partial charge in [-0.3, -0.25) is 9.59 Å². The number of benzene rings is 1. The van der Waals surface area contributed by atoms with Crippen molar-refractivity contribution < 1.29 is 22.8 Å². The Bertz CT molecular complexity index is 757. The van der Waals surface area contributed by atoms with E-state index in [0.29, 0.717) is 4.88 Å². The highest BCUT2D eigenvalue weighted by atomic mass is 32.1. The fourth-order valence-electron chi connectivity index (χ4n) is 2.64. The number of carbonyl (C=O) groups excluding carboxylic acids is 2. The van der Waals surface area contributed by atoms with Crippen LogP contribution in [0.4, 0.5) is 13.2 Å². The maximum Gasteiger partial charge on any atom is 0.406 e. The van der Waals surface area contributed by atoms with Gasteiger partial charge in [0.25, 0.3) is 5.91 Å². The van der Waals surface area contributed by atoms with Gasteiger partial charge in [-0.1, -0.05) is 24.3 Å². The number of rotatable bonds is 3. The molecule has 0 aliphatic carbocycles. The van der Waals surface area contributed by atoms with E-state index in [-0.39, 0.29) is 13.0 Å². The van der Waals surface area contributed by atoms with Crippen molar-refractivity contribution in [3.63, 3.8) is 0 Å². The molecule has 3 rings (SSSR count). The lowest BCUT2D eigenvalue weighted by atomic mass is 10.1. The molecule has 8 heteroatoms. The summed E-state index contributed by atoms with van der Waals surface area (Å²) in [5, 5.41) is 6.07. The molecular weight excluding hydrogens is 329 g/mol. The second kappa shape index (κ2) is 5.84. The van der Waals surface area contributed by atoms with Crippen molar-refractivity contribution >= 4 is 33.9 Å². The smallest absolute Gasteiger partial charge is 0.339 e. The van der Waals surface area contributed by atoms with Gasteiger partial charge in [-0.25, -0.2) is 0 Å². The molecule has 4 nitrogen and oxygen atoms in total. The molecule has 2 aromatic rings. The summed E-state index contributed by atoms with van der Waals surface area (Å²) in [6.45, 7) is -1.28. The van der Waals surface area contributed by atoms with Gasteiger partial charge in [-0.15, -0.1) is 11.3 Å². The molecule has 0 saturated carbocycles. The zero-order valence-corrected chi connectivity index (χ0v) is 12.7. The quantitative estimate of drug-likeness (QED) is 0.932. The number of carbonyl (C=O) groups is 2. The monoisotopic (exact) mass is 342 g/mol. The van der Waals surface area contributed by atoms with E-state index in [0.717, 1.165) is 15.7 Å². The van der Waals surface area contributed by atoms with Crippen molar-refractivity contribution in [1.29, 1.82) is 0 Å². The minimum atomic E-state index is -4.43. The summed E-state index contributed by atoms with van der Waals surface area (Å²) in [7, 11) is 0. The van der Waals surface area contributed by atoms with E-state index in [2.05, 4.69) is 5.32 Å². The Balaban J connectivity index is 1.70. The normalized spacial score (nSPS) is 18.7. The molecular formula is C15H13F3N2O2S. The Kier molecular flexibility index (Phi) is 4.01. The molecule has 1 fully saturated rings. The highest BCUT2D eigenvalue weighted by Gasteiger charge is 2.40. The number of nitrogens with one attached hydrogen (secondary N) is 1. The van der Waals surface area contributed by atoms with E-state index in [1.54, 1.807) is 12.1 Å². The molecule has 1 aliphatic heterocycles. The van der Waals surface area contributed by atoms with E-state index in [4.69, 9.17) is 0 Å². The number of likely N-dealkylation sites (tertiary alicyclic amines) is 1. The van der Waals surface area contributed by atoms with Gasteiger partial charge >= 0.3 is 6.18 Å². The van der Waals surface area contributed by atoms with Crippen LogP contribution in [0, 0.1) is 0 Å². The molecule has 0 bridgehead atoms. The molecule has 1 atom stereocenters. The van der Waals surface area contributed by atoms with Gasteiger partial charge in [0.1, 0.15) is 12.6 Å². The fourth-order valence-corrected chi connectivity index (χ4v) is 3.57. The van der Waals surface area contributed by atoms with E-state index < -0.39 is 30.6 Å². The Morgan fingerprint density at radius 2 is 2.09 bits per heavy atom. The van der Waals surface area contributed by atoms with Crippen LogP contribution in [0.5, 0.6) is 0 Å². The maximum atomic E-state index is 12.4. The summed E-state index contributed by atoms with van der Waals surface area (Å²) in [6.07, 6.45) is -4.25. The molecule has 1 saturated heterocycles. The number of nitrogens with zero attached hydrogens (tertiary/aromatic N) is 1. The molecule has 1 aromatic heterocycles. The average Bonchev–Trinajstić information content (AvgIpc) is 3.04. The summed E-state index contributed by atoms with van der Waals surface area (Å²) in [4.78, 5) is 25.5. The first kappa shape index (κ1) is 15.8. The van der Waals surface area contributed by atoms with Gasteiger partial charge in [-0.2, -0.15) is 13.2 Å². The van der Waals surface area contributed by atoms with Gasteiger partial charge in [0.15, 0.2) is 0 Å². The topological polar surface area (TPSA) is 49.4 Å². The van der Waals surface area contributed by atoms with Crippen LogP contribution >= 0.6 is 11.3 Å². The number of hydrogen-bond acceptors (Lipinski definition) is 3. The summed E-state index contributed by atoms with van der Waals surface area (Å²) in [5.74, 6) is -1.11. The molecule has 23 heavy (non-hydrogen) atoms. The lowest BCUT2D eigenvalue weighted by molar-refractivity contribution is -0.157. The highest BCUT2D eigenvalue weighted by Crippen LogP contribution is 2.26. The zero-order valence-electron chi connectivity index (χ0n) is 11.9. The van der Waals surface area contributed by atoms with Crippen molar-refractivity contribution in [2.24, 2.45) is 0 Å². The first-order chi connectivity index (χ1) is 10.8. The number of fused-ring (bicyclic) bond motifs is 1. The average molecular weight is 342 g/mol. The van der Waals surface area contributed by atoms with E-state index in [1.807, 2.05) is 17.5 Å². The largest absolute Gasteiger partial charge is 0.406 e. The third kappa shape index (κ3) is 3.31. The molecule has 1 aromatic carbocycles. The third-order valence-electron chi connectivity index (χ3n) is 3.69. The molecule has 1 N–H and O–H groups in total. The minimum absolute atomic E-state index is 0.00548. The number of thiophene rings is 1. The van der Waals surface area contributed by atoms with Gasteiger partial charge in [-0.05, 0) is 17.2 Å². The fraction of sp³-hybridized carbons (Fsp3) is 0.333. The molecule has 1 aliphatic rings. The zero-order chi connectivity index (χ0) is 16.6. The van der Waals surface area contributed by atoms with E-state index in [9.17, 15) is 22.8 Å². The van der Waals surface area contributed by atoms with Gasteiger partial charge in [0.05, 0.1) is 4.88 Å². The Hall–Kier alpha value is -2.09. The summed E-state index contributed by atoms with van der Waals surface area (Å²) >= 11 is 1.25. The van der Waals surface area contributed by atoms with Crippen LogP contribution in [0.2, 0.25) is 0 Å². The van der Waals surface area contributed by atoms with Crippen molar-refractivity contribution in [1.82, 2.24) is 10.2 Å². The van der Waals surface area contributed by atoms with Gasteiger partial charge < -0.3 is 10.2 Å². The van der Waals surface area contributed by atoms with Crippen LogP contribution in [-0.2, 0) is 4.79 Å². The molecule has 0 radical (unpaired) electrons. The molecule has 1 unspecified atom stereocenters. The predicted molar refractivity (Wildman–Crippen MR) is 80.3 cm³/mol. The van der Waals surface area contributed by atoms with Crippen molar-refractivity contribution in [3.8, 4) is 0 Å². The SMILES string of the molecule is O=C(NC1CCN(CC(F)(F)F)C1=O)c1scc2ccccc12. The number of halogens is 3. The number of hydrogen-bond donors (Lipinski definition) is 1. The van der Waals surface area contributed by atoms with Crippen LogP contribution in [0.25, 0.3) is 10.8 Å². The lowest BCUT2D eigenvalue weighted by Gasteiger charge is -2.18. The Labute approximate surface area is 133 Å². The van der Waals surface area contributed by atoms with Crippen LogP contribution in [0.3, 0.4) is 0 Å². The Morgan fingerprint density at radius 1 is 1.35 bits per heavy atom. The van der Waals surface area contributed by atoms with Crippen molar-refractivity contribution in [2.45, 2.75) is 18.6 Å². The van der Waals surface area contributed by atoms with E-state index >= 15 is 0 Å². The van der Waals surface area contributed by atoms with Crippen LogP contribution in [-0.4, -0.2) is 42.0 Å². The highest BCUT2D eigenvalue weighted by molar-refractivity contribution is 7.13. The second-order valence-corrected chi connectivity index (χ2v) is 6.22. The van der Waals surface area contributed by atoms with Crippen LogP contribution in [0.1, 0.15) is 16.1 Å². The van der Waals surface area contributed by atoms with Crippen LogP contribution < -0.4 is 5.32 Å². The lowest BCUT2D eigenvalue weighted by Crippen LogP contribution is -2.43. The second-order valence-electron chi connectivity index (χ2n) is 5.34. The summed E-state index contributed by atoms with van der Waals surface area (Å²) < 4.78 is 37.2. The molecule has 2 heterocycles. The van der Waals surface area contributed by atoms with Crippen molar-refractivity contribution in [2.75, 3.05) is 13.1 Å². The Morgan fingerprint density at radius 3 is 2.83 bits per heavy atom. The maximum absolute atomic E-state index is 12.4. The number of amides is 2. The van der Waals surface area contributed by atoms with Crippen molar-refractivity contribution in [3.05, 3.63) is 34.5 Å². The third-order valence-corrected chi connectivity index (χ3v) is 4.70.